The van der Waals surface area contributed by atoms with E-state index in [0.717, 1.165) is 11.1 Å². The first-order chi connectivity index (χ1) is 13.8. The molecule has 0 saturated heterocycles. The number of hydrogen-bond acceptors (Lipinski definition) is 4. The number of rotatable bonds is 5. The molecule has 0 heterocycles. The van der Waals surface area contributed by atoms with Gasteiger partial charge in [-0.25, -0.2) is 0 Å². The number of halogens is 2. The lowest BCUT2D eigenvalue weighted by atomic mass is 9.79. The lowest BCUT2D eigenvalue weighted by molar-refractivity contribution is -0.384. The van der Waals surface area contributed by atoms with Crippen LogP contribution in [0, 0.1) is 15.5 Å². The van der Waals surface area contributed by atoms with Gasteiger partial charge in [0.15, 0.2) is 0 Å². The molecule has 0 spiro atoms. The van der Waals surface area contributed by atoms with Gasteiger partial charge in [0.2, 0.25) is 0 Å². The zero-order valence-electron chi connectivity index (χ0n) is 15.3. The maximum Gasteiger partial charge on any atom is 0.269 e. The van der Waals surface area contributed by atoms with Crippen molar-refractivity contribution in [1.29, 1.82) is 0 Å². The summed E-state index contributed by atoms with van der Waals surface area (Å²) in [5.74, 6) is 0.172. The smallest absolute Gasteiger partial charge is 0.269 e. The second-order valence-corrected chi connectivity index (χ2v) is 8.53. The summed E-state index contributed by atoms with van der Waals surface area (Å²) in [5.41, 5.74) is 7.84. The van der Waals surface area contributed by atoms with Gasteiger partial charge in [0.25, 0.3) is 5.69 Å². The molecule has 7 heteroatoms. The van der Waals surface area contributed by atoms with Crippen LogP contribution >= 0.6 is 31.9 Å². The van der Waals surface area contributed by atoms with Gasteiger partial charge >= 0.3 is 0 Å². The number of non-ortho nitro benzene ring substituents is 1. The van der Waals surface area contributed by atoms with Gasteiger partial charge in [0.05, 0.1) is 9.41 Å². The molecule has 0 radical (unpaired) electrons. The van der Waals surface area contributed by atoms with E-state index in [2.05, 4.69) is 37.9 Å². The van der Waals surface area contributed by atoms with Crippen LogP contribution in [0.3, 0.4) is 0 Å². The van der Waals surface area contributed by atoms with Crippen LogP contribution in [-0.2, 0) is 0 Å². The van der Waals surface area contributed by atoms with Crippen LogP contribution in [0.25, 0.3) is 12.2 Å². The molecule has 0 aliphatic heterocycles. The van der Waals surface area contributed by atoms with E-state index < -0.39 is 10.3 Å². The third kappa shape index (κ3) is 5.25. The summed E-state index contributed by atoms with van der Waals surface area (Å²) in [6, 6.07) is 13.9. The average molecular weight is 518 g/mol. The van der Waals surface area contributed by atoms with E-state index in [1.807, 2.05) is 48.6 Å². The average Bonchev–Trinajstić information content (AvgIpc) is 2.70. The Morgan fingerprint density at radius 2 is 1.52 bits per heavy atom. The summed E-state index contributed by atoms with van der Waals surface area (Å²) in [5, 5.41) is 21.0. The molecule has 2 aromatic rings. The Hall–Kier alpha value is -2.64. The van der Waals surface area contributed by atoms with Crippen LogP contribution in [0.2, 0.25) is 0 Å². The summed E-state index contributed by atoms with van der Waals surface area (Å²) >= 11 is 6.88. The Morgan fingerprint density at radius 1 is 1.00 bits per heavy atom. The maximum atomic E-state index is 10.8. The minimum Gasteiger partial charge on any atom is -0.506 e. The Balaban J connectivity index is 1.95. The lowest BCUT2D eigenvalue weighted by Crippen LogP contribution is -2.16. The first-order valence-electron chi connectivity index (χ1n) is 8.73. The van der Waals surface area contributed by atoms with Crippen LogP contribution < -0.4 is 5.73 Å². The number of aliphatic hydroxyl groups is 1. The third-order valence-corrected chi connectivity index (χ3v) is 5.81. The molecular formula is C22H18Br2N2O3. The number of allylic oxidation sites excluding steroid dienone is 5. The molecule has 1 aliphatic rings. The van der Waals surface area contributed by atoms with E-state index in [4.69, 9.17) is 5.73 Å². The third-order valence-electron chi connectivity index (χ3n) is 4.55. The standard InChI is InChI=1S/C22H18Br2N2O3/c23-19-13-22(14-20(24)21(19)27,11-9-15-1-5-17(25)6-2-15)12-10-16-3-7-18(8-4-16)26(28)29/h1-13,27H,14,25H2/b11-9?,12-10+. The lowest BCUT2D eigenvalue weighted by Gasteiger charge is -2.28. The zero-order valence-corrected chi connectivity index (χ0v) is 18.4. The highest BCUT2D eigenvalue weighted by Crippen LogP contribution is 2.44. The minimum absolute atomic E-state index is 0.0519. The molecule has 0 bridgehead atoms. The van der Waals surface area contributed by atoms with Crippen LogP contribution in [0.15, 0.2) is 81.5 Å². The van der Waals surface area contributed by atoms with Gasteiger partial charge in [-0.3, -0.25) is 10.1 Å². The quantitative estimate of drug-likeness (QED) is 0.261. The molecule has 1 atom stereocenters. The number of hydrogen-bond donors (Lipinski definition) is 2. The van der Waals surface area contributed by atoms with Gasteiger partial charge in [-0.1, -0.05) is 58.4 Å². The van der Waals surface area contributed by atoms with Gasteiger partial charge < -0.3 is 10.8 Å². The minimum atomic E-state index is -0.507. The fourth-order valence-electron chi connectivity index (χ4n) is 2.92. The Kier molecular flexibility index (Phi) is 6.39. The van der Waals surface area contributed by atoms with Crippen molar-refractivity contribution < 1.29 is 10.0 Å². The Labute approximate surface area is 185 Å². The van der Waals surface area contributed by atoms with Crippen LogP contribution in [-0.4, -0.2) is 10.0 Å². The summed E-state index contributed by atoms with van der Waals surface area (Å²) in [6.07, 6.45) is 10.4. The molecule has 148 valence electrons. The molecule has 3 rings (SSSR count). The molecule has 0 saturated carbocycles. The highest BCUT2D eigenvalue weighted by atomic mass is 79.9. The summed E-state index contributed by atoms with van der Waals surface area (Å²) in [4.78, 5) is 10.4. The molecule has 0 aromatic heterocycles. The van der Waals surface area contributed by atoms with Gasteiger partial charge in [-0.15, -0.1) is 0 Å². The van der Waals surface area contributed by atoms with Crippen LogP contribution in [0.1, 0.15) is 17.5 Å². The molecule has 0 amide bonds. The molecule has 0 fully saturated rings. The topological polar surface area (TPSA) is 89.4 Å². The predicted molar refractivity (Wildman–Crippen MR) is 125 cm³/mol. The van der Waals surface area contributed by atoms with E-state index >= 15 is 0 Å². The van der Waals surface area contributed by atoms with E-state index in [0.29, 0.717) is 21.1 Å². The second kappa shape index (κ2) is 8.80. The van der Waals surface area contributed by atoms with Gasteiger partial charge in [-0.05, 0) is 57.7 Å². The maximum absolute atomic E-state index is 10.8. The summed E-state index contributed by atoms with van der Waals surface area (Å²) in [6.45, 7) is 0. The van der Waals surface area contributed by atoms with Crippen molar-refractivity contribution in [3.8, 4) is 0 Å². The molecule has 5 nitrogen and oxygen atoms in total. The van der Waals surface area contributed by atoms with Crippen molar-refractivity contribution in [3.05, 3.63) is 103 Å². The normalized spacial score (nSPS) is 19.7. The first-order valence-corrected chi connectivity index (χ1v) is 10.3. The van der Waals surface area contributed by atoms with E-state index in [1.54, 1.807) is 12.1 Å². The Bertz CT molecular complexity index is 1040. The van der Waals surface area contributed by atoms with Crippen molar-refractivity contribution >= 4 is 55.4 Å². The number of aliphatic hydroxyl groups excluding tert-OH is 1. The Morgan fingerprint density at radius 3 is 2.00 bits per heavy atom. The predicted octanol–water partition coefficient (Wildman–Crippen LogP) is 6.74. The highest BCUT2D eigenvalue weighted by Gasteiger charge is 2.29. The molecule has 2 aromatic carbocycles. The van der Waals surface area contributed by atoms with Crippen LogP contribution in [0.5, 0.6) is 0 Å². The first kappa shape index (κ1) is 21.1. The van der Waals surface area contributed by atoms with E-state index in [1.165, 1.54) is 12.1 Å². The monoisotopic (exact) mass is 516 g/mol. The van der Waals surface area contributed by atoms with Gasteiger partial charge in [0, 0.05) is 27.7 Å². The second-order valence-electron chi connectivity index (χ2n) is 6.72. The molecule has 1 unspecified atom stereocenters. The SMILES string of the molecule is Nc1ccc(C=CC2(/C=C/c3ccc([N+](=O)[O-])cc3)C=C(Br)C(O)=C(Br)C2)cc1. The van der Waals surface area contributed by atoms with E-state index in [-0.39, 0.29) is 11.4 Å². The fraction of sp³-hybridized carbons (Fsp3) is 0.0909. The largest absolute Gasteiger partial charge is 0.506 e. The number of nitro groups is 1. The van der Waals surface area contributed by atoms with Gasteiger partial charge in [0.1, 0.15) is 5.76 Å². The number of benzene rings is 2. The molecule has 3 N–H and O–H groups in total. The molecule has 29 heavy (non-hydrogen) atoms. The highest BCUT2D eigenvalue weighted by molar-refractivity contribution is 9.12. The summed E-state index contributed by atoms with van der Waals surface area (Å²) < 4.78 is 1.27. The fourth-order valence-corrected chi connectivity index (χ4v) is 4.55. The van der Waals surface area contributed by atoms with Gasteiger partial charge in [-0.2, -0.15) is 0 Å². The number of nitrogen functional groups attached to an aromatic ring is 1. The van der Waals surface area contributed by atoms with Crippen LogP contribution in [0.4, 0.5) is 11.4 Å². The van der Waals surface area contributed by atoms with Crippen molar-refractivity contribution in [2.45, 2.75) is 6.42 Å². The van der Waals surface area contributed by atoms with E-state index in [9.17, 15) is 15.2 Å². The number of nitro benzene ring substituents is 1. The zero-order chi connectivity index (χ0) is 21.0. The number of anilines is 1. The van der Waals surface area contributed by atoms with Crippen molar-refractivity contribution in [2.24, 2.45) is 5.41 Å². The molecule has 1 aliphatic carbocycles. The summed E-state index contributed by atoms with van der Waals surface area (Å²) in [7, 11) is 0. The molecular weight excluding hydrogens is 500 g/mol. The number of nitrogens with two attached hydrogens (primary N) is 1. The number of nitrogens with zero attached hydrogens (tertiary/aromatic N) is 1. The van der Waals surface area contributed by atoms with Crippen molar-refractivity contribution in [2.75, 3.05) is 5.73 Å². The van der Waals surface area contributed by atoms with Crippen molar-refractivity contribution in [1.82, 2.24) is 0 Å². The van der Waals surface area contributed by atoms with Crippen molar-refractivity contribution in [3.63, 3.8) is 0 Å².